The van der Waals surface area contributed by atoms with Gasteiger partial charge in [0.2, 0.25) is 5.91 Å². The fourth-order valence-corrected chi connectivity index (χ4v) is 5.35. The fraction of sp³-hybridized carbons (Fsp3) is 0.227. The number of sulfonamides is 1. The van der Waals surface area contributed by atoms with E-state index >= 15 is 0 Å². The molecule has 28 heavy (non-hydrogen) atoms. The van der Waals surface area contributed by atoms with Crippen molar-refractivity contribution in [3.8, 4) is 0 Å². The van der Waals surface area contributed by atoms with Crippen LogP contribution in [0.25, 0.3) is 10.8 Å². The average Bonchev–Trinajstić information content (AvgIpc) is 2.91. The van der Waals surface area contributed by atoms with Crippen molar-refractivity contribution < 1.29 is 13.2 Å². The third-order valence-corrected chi connectivity index (χ3v) is 6.89. The van der Waals surface area contributed by atoms with E-state index in [0.29, 0.717) is 11.1 Å². The van der Waals surface area contributed by atoms with Crippen LogP contribution >= 0.6 is 0 Å². The Labute approximate surface area is 165 Å². The maximum absolute atomic E-state index is 12.9. The Morgan fingerprint density at radius 3 is 2.46 bits per heavy atom. The summed E-state index contributed by atoms with van der Waals surface area (Å²) >= 11 is 0. The molecule has 1 N–H and O–H groups in total. The van der Waals surface area contributed by atoms with E-state index in [1.807, 2.05) is 43.3 Å². The predicted octanol–water partition coefficient (Wildman–Crippen LogP) is 3.49. The number of amides is 1. The molecule has 1 heterocycles. The van der Waals surface area contributed by atoms with E-state index in [9.17, 15) is 13.2 Å². The first-order chi connectivity index (χ1) is 13.5. The van der Waals surface area contributed by atoms with Gasteiger partial charge in [0.15, 0.2) is 0 Å². The zero-order valence-corrected chi connectivity index (χ0v) is 16.4. The van der Waals surface area contributed by atoms with Gasteiger partial charge in [0.25, 0.3) is 10.0 Å². The van der Waals surface area contributed by atoms with Crippen molar-refractivity contribution in [2.24, 2.45) is 0 Å². The number of rotatable bonds is 6. The van der Waals surface area contributed by atoms with Crippen LogP contribution in [0, 0.1) is 0 Å². The van der Waals surface area contributed by atoms with Gasteiger partial charge in [-0.25, -0.2) is 8.42 Å². The lowest BCUT2D eigenvalue weighted by Crippen LogP contribution is -2.42. The second-order valence-electron chi connectivity index (χ2n) is 7.14. The summed E-state index contributed by atoms with van der Waals surface area (Å²) in [4.78, 5) is 12.8. The summed E-state index contributed by atoms with van der Waals surface area (Å²) in [7, 11) is -3.71. The SMILES string of the molecule is C[C@@H](CCc1ccccc1)NC(=O)CN1c2cccc3cccc(c23)S1(=O)=O. The molecule has 0 spiro atoms. The Balaban J connectivity index is 1.46. The van der Waals surface area contributed by atoms with Crippen molar-refractivity contribution in [3.05, 3.63) is 72.3 Å². The number of nitrogens with one attached hydrogen (secondary N) is 1. The van der Waals surface area contributed by atoms with Gasteiger partial charge >= 0.3 is 0 Å². The third kappa shape index (κ3) is 3.36. The topological polar surface area (TPSA) is 66.5 Å². The number of carbonyl (C=O) groups is 1. The summed E-state index contributed by atoms with van der Waals surface area (Å²) in [5.41, 5.74) is 1.79. The number of anilines is 1. The Bertz CT molecular complexity index is 1120. The molecule has 4 rings (SSSR count). The molecule has 144 valence electrons. The predicted molar refractivity (Wildman–Crippen MR) is 111 cm³/mol. The highest BCUT2D eigenvalue weighted by Crippen LogP contribution is 2.41. The quantitative estimate of drug-likeness (QED) is 0.696. The van der Waals surface area contributed by atoms with Crippen LogP contribution in [0.15, 0.2) is 71.6 Å². The minimum atomic E-state index is -3.71. The van der Waals surface area contributed by atoms with Crippen molar-refractivity contribution >= 4 is 32.4 Å². The Morgan fingerprint density at radius 1 is 1.00 bits per heavy atom. The molecule has 1 aliphatic rings. The largest absolute Gasteiger partial charge is 0.352 e. The lowest BCUT2D eigenvalue weighted by Gasteiger charge is -2.20. The molecule has 0 bridgehead atoms. The molecule has 0 radical (unpaired) electrons. The van der Waals surface area contributed by atoms with Gasteiger partial charge in [-0.15, -0.1) is 0 Å². The molecule has 3 aromatic carbocycles. The number of nitrogens with zero attached hydrogens (tertiary/aromatic N) is 1. The molecule has 0 saturated heterocycles. The van der Waals surface area contributed by atoms with E-state index in [0.717, 1.165) is 18.2 Å². The lowest BCUT2D eigenvalue weighted by atomic mass is 10.1. The number of hydrogen-bond acceptors (Lipinski definition) is 3. The molecule has 0 aromatic heterocycles. The van der Waals surface area contributed by atoms with Gasteiger partial charge < -0.3 is 5.32 Å². The van der Waals surface area contributed by atoms with E-state index in [1.54, 1.807) is 18.2 Å². The van der Waals surface area contributed by atoms with Crippen LogP contribution in [0.5, 0.6) is 0 Å². The first-order valence-electron chi connectivity index (χ1n) is 9.34. The van der Waals surface area contributed by atoms with Gasteiger partial charge in [0.1, 0.15) is 6.54 Å². The normalized spacial score (nSPS) is 15.5. The van der Waals surface area contributed by atoms with Crippen molar-refractivity contribution in [1.29, 1.82) is 0 Å². The average molecular weight is 394 g/mol. The molecule has 5 nitrogen and oxygen atoms in total. The van der Waals surface area contributed by atoms with Gasteiger partial charge in [-0.05, 0) is 42.8 Å². The maximum atomic E-state index is 12.9. The first kappa shape index (κ1) is 18.5. The number of benzene rings is 3. The standard InChI is InChI=1S/C22H22N2O3S/c1-16(13-14-17-7-3-2-4-8-17)23-21(25)15-24-19-11-5-9-18-10-6-12-20(22(18)19)28(24,26)27/h2-12,16H,13-15H2,1H3,(H,23,25)/t16-/m0/s1. The van der Waals surface area contributed by atoms with Crippen LogP contribution < -0.4 is 9.62 Å². The maximum Gasteiger partial charge on any atom is 0.265 e. The summed E-state index contributed by atoms with van der Waals surface area (Å²) in [6.07, 6.45) is 1.65. The molecule has 0 fully saturated rings. The van der Waals surface area contributed by atoms with Gasteiger partial charge in [-0.3, -0.25) is 9.10 Å². The summed E-state index contributed by atoms with van der Waals surface area (Å²) in [6.45, 7) is 1.72. The molecular formula is C22H22N2O3S. The molecule has 0 aliphatic carbocycles. The second-order valence-corrected chi connectivity index (χ2v) is 8.97. The highest BCUT2D eigenvalue weighted by molar-refractivity contribution is 7.93. The molecule has 1 atom stereocenters. The molecule has 3 aromatic rings. The zero-order valence-electron chi connectivity index (χ0n) is 15.6. The first-order valence-corrected chi connectivity index (χ1v) is 10.8. The molecule has 1 aliphatic heterocycles. The zero-order chi connectivity index (χ0) is 19.7. The highest BCUT2D eigenvalue weighted by Gasteiger charge is 2.36. The van der Waals surface area contributed by atoms with Gasteiger partial charge in [-0.1, -0.05) is 54.6 Å². The summed E-state index contributed by atoms with van der Waals surface area (Å²) in [6, 6.07) is 20.7. The lowest BCUT2D eigenvalue weighted by molar-refractivity contribution is -0.120. The summed E-state index contributed by atoms with van der Waals surface area (Å²) < 4.78 is 27.1. The Morgan fingerprint density at radius 2 is 1.71 bits per heavy atom. The molecule has 0 unspecified atom stereocenters. The second kappa shape index (κ2) is 7.28. The number of carbonyl (C=O) groups excluding carboxylic acids is 1. The third-order valence-electron chi connectivity index (χ3n) is 5.08. The highest BCUT2D eigenvalue weighted by atomic mass is 32.2. The minimum absolute atomic E-state index is 0.0452. The minimum Gasteiger partial charge on any atom is -0.352 e. The van der Waals surface area contributed by atoms with Gasteiger partial charge in [-0.2, -0.15) is 0 Å². The van der Waals surface area contributed by atoms with E-state index in [1.165, 1.54) is 9.87 Å². The monoisotopic (exact) mass is 394 g/mol. The van der Waals surface area contributed by atoms with Crippen LogP contribution in [0.2, 0.25) is 0 Å². The number of hydrogen-bond donors (Lipinski definition) is 1. The van der Waals surface area contributed by atoms with Crippen molar-refractivity contribution in [3.63, 3.8) is 0 Å². The van der Waals surface area contributed by atoms with E-state index in [-0.39, 0.29) is 23.4 Å². The van der Waals surface area contributed by atoms with Crippen molar-refractivity contribution in [2.45, 2.75) is 30.7 Å². The van der Waals surface area contributed by atoms with E-state index in [4.69, 9.17) is 0 Å². The smallest absolute Gasteiger partial charge is 0.265 e. The van der Waals surface area contributed by atoms with Crippen molar-refractivity contribution in [1.82, 2.24) is 5.32 Å². The molecular weight excluding hydrogens is 372 g/mol. The van der Waals surface area contributed by atoms with Crippen molar-refractivity contribution in [2.75, 3.05) is 10.8 Å². The Hall–Kier alpha value is -2.86. The van der Waals surface area contributed by atoms with Crippen LogP contribution in [0.4, 0.5) is 5.69 Å². The molecule has 1 amide bonds. The molecule has 6 heteroatoms. The summed E-state index contributed by atoms with van der Waals surface area (Å²) in [5, 5.41) is 4.48. The summed E-state index contributed by atoms with van der Waals surface area (Å²) in [5.74, 6) is -0.297. The fourth-order valence-electron chi connectivity index (χ4n) is 3.68. The van der Waals surface area contributed by atoms with Crippen LogP contribution in [0.1, 0.15) is 18.9 Å². The van der Waals surface area contributed by atoms with Gasteiger partial charge in [0.05, 0.1) is 10.6 Å². The van der Waals surface area contributed by atoms with Crippen LogP contribution in [0.3, 0.4) is 0 Å². The van der Waals surface area contributed by atoms with Crippen LogP contribution in [-0.2, 0) is 21.2 Å². The number of aryl methyl sites for hydroxylation is 1. The van der Waals surface area contributed by atoms with E-state index < -0.39 is 10.0 Å². The van der Waals surface area contributed by atoms with Crippen LogP contribution in [-0.4, -0.2) is 26.9 Å². The van der Waals surface area contributed by atoms with E-state index in [2.05, 4.69) is 17.4 Å². The molecule has 0 saturated carbocycles. The Kier molecular flexibility index (Phi) is 4.81. The van der Waals surface area contributed by atoms with Gasteiger partial charge in [0, 0.05) is 11.4 Å².